The second-order valence-electron chi connectivity index (χ2n) is 1.65. The molecule has 9 heavy (non-hydrogen) atoms. The topological polar surface area (TPSA) is 40.5 Å². The van der Waals surface area contributed by atoms with E-state index in [1.54, 1.807) is 0 Å². The van der Waals surface area contributed by atoms with E-state index >= 15 is 0 Å². The maximum atomic E-state index is 11.9. The molecular weight excluding hydrogens is 137 g/mol. The molecule has 0 aromatic carbocycles. The molecule has 0 saturated heterocycles. The van der Waals surface area contributed by atoms with Crippen molar-refractivity contribution in [3.63, 3.8) is 0 Å². The van der Waals surface area contributed by atoms with Crippen LogP contribution in [0.15, 0.2) is 0 Å². The first-order valence-corrected chi connectivity index (χ1v) is 2.32. The second kappa shape index (κ2) is 2.15. The average molecular weight is 144 g/mol. The van der Waals surface area contributed by atoms with Crippen LogP contribution in [0.25, 0.3) is 0 Å². The molecule has 5 heteroatoms. The van der Waals surface area contributed by atoms with Gasteiger partial charge in [-0.1, -0.05) is 6.92 Å². The molecule has 56 valence electrons. The minimum atomic E-state index is -4.66. The van der Waals surface area contributed by atoms with Crippen molar-refractivity contribution in [2.45, 2.75) is 25.3 Å². The van der Waals surface area contributed by atoms with E-state index in [1.165, 1.54) is 0 Å². The Morgan fingerprint density at radius 1 is 1.22 bits per heavy atom. The summed E-state index contributed by atoms with van der Waals surface area (Å²) in [6, 6.07) is 0. The lowest BCUT2D eigenvalue weighted by Crippen LogP contribution is -2.43. The first-order chi connectivity index (χ1) is 3.81. The van der Waals surface area contributed by atoms with Gasteiger partial charge in [0.05, 0.1) is 0 Å². The van der Waals surface area contributed by atoms with E-state index < -0.39 is 18.4 Å². The quantitative estimate of drug-likeness (QED) is 0.597. The Morgan fingerprint density at radius 3 is 1.56 bits per heavy atom. The molecular formula is C4H7F3O2. The maximum Gasteiger partial charge on any atom is 0.412 e. The van der Waals surface area contributed by atoms with Gasteiger partial charge in [0.2, 0.25) is 0 Å². The van der Waals surface area contributed by atoms with E-state index in [0.717, 1.165) is 6.92 Å². The summed E-state index contributed by atoms with van der Waals surface area (Å²) in [5.41, 5.74) is 0. The summed E-state index contributed by atoms with van der Waals surface area (Å²) in [4.78, 5) is 0. The maximum absolute atomic E-state index is 11.9. The molecule has 0 bridgehead atoms. The molecule has 0 aliphatic rings. The van der Waals surface area contributed by atoms with E-state index in [-0.39, 0.29) is 0 Å². The summed E-state index contributed by atoms with van der Waals surface area (Å²) in [6.07, 6.45) is -5.52. The summed E-state index contributed by atoms with van der Waals surface area (Å²) in [7, 11) is 0. The van der Waals surface area contributed by atoms with Gasteiger partial charge in [-0.3, -0.25) is 0 Å². The number of hydrogen-bond donors (Lipinski definition) is 2. The first-order valence-electron chi connectivity index (χ1n) is 2.32. The highest BCUT2D eigenvalue weighted by atomic mass is 19.3. The Balaban J connectivity index is 4.14. The largest absolute Gasteiger partial charge is 0.412 e. The Kier molecular flexibility index (Phi) is 2.08. The predicted molar refractivity (Wildman–Crippen MR) is 23.5 cm³/mol. The van der Waals surface area contributed by atoms with Crippen molar-refractivity contribution < 1.29 is 23.4 Å². The molecule has 0 saturated carbocycles. The third-order valence-corrected chi connectivity index (χ3v) is 0.929. The fourth-order valence-electron chi connectivity index (χ4n) is 0.213. The van der Waals surface area contributed by atoms with Crippen LogP contribution in [0, 0.1) is 0 Å². The van der Waals surface area contributed by atoms with Gasteiger partial charge in [-0.25, -0.2) is 4.39 Å². The molecule has 0 rings (SSSR count). The van der Waals surface area contributed by atoms with Gasteiger partial charge < -0.3 is 10.2 Å². The second-order valence-corrected chi connectivity index (χ2v) is 1.65. The molecule has 0 aliphatic heterocycles. The minimum Gasteiger partial charge on any atom is -0.355 e. The normalized spacial score (nSPS) is 19.3. The number of rotatable bonds is 2. The lowest BCUT2D eigenvalue weighted by molar-refractivity contribution is -0.353. The Bertz CT molecular complexity index is 96.5. The van der Waals surface area contributed by atoms with Gasteiger partial charge in [0, 0.05) is 6.42 Å². The molecule has 2 N–H and O–H groups in total. The van der Waals surface area contributed by atoms with Crippen molar-refractivity contribution in [2.75, 3.05) is 0 Å². The molecule has 0 amide bonds. The zero-order valence-electron chi connectivity index (χ0n) is 4.74. The van der Waals surface area contributed by atoms with Crippen molar-refractivity contribution in [1.82, 2.24) is 0 Å². The van der Waals surface area contributed by atoms with E-state index in [9.17, 15) is 13.2 Å². The van der Waals surface area contributed by atoms with Crippen molar-refractivity contribution in [1.29, 1.82) is 0 Å². The van der Waals surface area contributed by atoms with Crippen LogP contribution in [0.5, 0.6) is 0 Å². The van der Waals surface area contributed by atoms with Crippen molar-refractivity contribution in [2.24, 2.45) is 0 Å². The summed E-state index contributed by atoms with van der Waals surface area (Å²) >= 11 is 0. The van der Waals surface area contributed by atoms with Gasteiger partial charge in [0.25, 0.3) is 5.85 Å². The van der Waals surface area contributed by atoms with E-state index in [0.29, 0.717) is 0 Å². The van der Waals surface area contributed by atoms with Crippen LogP contribution < -0.4 is 0 Å². The fourth-order valence-corrected chi connectivity index (χ4v) is 0.213. The molecule has 0 spiro atoms. The van der Waals surface area contributed by atoms with Gasteiger partial charge in [-0.15, -0.1) is 0 Å². The molecule has 1 unspecified atom stereocenters. The SMILES string of the molecule is CCC(O)(F)C(O)(F)F. The Hall–Kier alpha value is -0.290. The molecule has 0 radical (unpaired) electrons. The lowest BCUT2D eigenvalue weighted by atomic mass is 10.2. The van der Waals surface area contributed by atoms with Gasteiger partial charge in [0.15, 0.2) is 0 Å². The highest BCUT2D eigenvalue weighted by Crippen LogP contribution is 2.29. The summed E-state index contributed by atoms with van der Waals surface area (Å²) in [5, 5.41) is 15.6. The molecule has 0 aromatic rings. The van der Waals surface area contributed by atoms with Crippen molar-refractivity contribution in [3.8, 4) is 0 Å². The smallest absolute Gasteiger partial charge is 0.355 e. The Labute approximate surface area is 49.9 Å². The van der Waals surface area contributed by atoms with Crippen LogP contribution in [0.3, 0.4) is 0 Å². The van der Waals surface area contributed by atoms with E-state index in [2.05, 4.69) is 0 Å². The van der Waals surface area contributed by atoms with Gasteiger partial charge in [-0.2, -0.15) is 8.78 Å². The van der Waals surface area contributed by atoms with Crippen LogP contribution in [0.4, 0.5) is 13.2 Å². The van der Waals surface area contributed by atoms with Gasteiger partial charge in [0.1, 0.15) is 0 Å². The molecule has 0 fully saturated rings. The molecule has 0 heterocycles. The number of hydrogen-bond acceptors (Lipinski definition) is 2. The van der Waals surface area contributed by atoms with Crippen LogP contribution in [0.2, 0.25) is 0 Å². The number of alkyl halides is 3. The number of halogens is 3. The molecule has 2 nitrogen and oxygen atoms in total. The Morgan fingerprint density at radius 2 is 1.56 bits per heavy atom. The number of aliphatic hydroxyl groups is 2. The van der Waals surface area contributed by atoms with E-state index in [1.807, 2.05) is 0 Å². The van der Waals surface area contributed by atoms with Gasteiger partial charge in [-0.05, 0) is 0 Å². The first kappa shape index (κ1) is 8.71. The monoisotopic (exact) mass is 144 g/mol. The van der Waals surface area contributed by atoms with Crippen molar-refractivity contribution in [3.05, 3.63) is 0 Å². The van der Waals surface area contributed by atoms with Crippen LogP contribution in [-0.4, -0.2) is 22.2 Å². The van der Waals surface area contributed by atoms with Crippen LogP contribution in [0.1, 0.15) is 13.3 Å². The third-order valence-electron chi connectivity index (χ3n) is 0.929. The fraction of sp³-hybridized carbons (Fsp3) is 1.00. The highest BCUT2D eigenvalue weighted by Gasteiger charge is 2.51. The van der Waals surface area contributed by atoms with Gasteiger partial charge >= 0.3 is 6.11 Å². The zero-order chi connectivity index (χ0) is 7.71. The van der Waals surface area contributed by atoms with Crippen LogP contribution >= 0.6 is 0 Å². The summed E-state index contributed by atoms with van der Waals surface area (Å²) < 4.78 is 34.7. The zero-order valence-corrected chi connectivity index (χ0v) is 4.74. The summed E-state index contributed by atoms with van der Waals surface area (Å²) in [5.74, 6) is -3.80. The molecule has 1 atom stereocenters. The molecule has 0 aliphatic carbocycles. The third kappa shape index (κ3) is 1.83. The standard InChI is InChI=1S/C4H7F3O2/c1-2-3(5,8)4(6,7)9/h8-9H,2H2,1H3. The average Bonchev–Trinajstić information content (AvgIpc) is 1.64. The predicted octanol–water partition coefficient (Wildman–Crippen LogP) is 0.640. The van der Waals surface area contributed by atoms with Crippen LogP contribution in [-0.2, 0) is 0 Å². The van der Waals surface area contributed by atoms with E-state index in [4.69, 9.17) is 10.2 Å². The molecule has 0 aromatic heterocycles. The summed E-state index contributed by atoms with van der Waals surface area (Å²) in [6.45, 7) is 0.990. The lowest BCUT2D eigenvalue weighted by Gasteiger charge is -2.21. The highest BCUT2D eigenvalue weighted by molar-refractivity contribution is 4.71. The van der Waals surface area contributed by atoms with Crippen molar-refractivity contribution >= 4 is 0 Å². The minimum absolute atomic E-state index is 0.851.